The summed E-state index contributed by atoms with van der Waals surface area (Å²) in [6.45, 7) is 0.167. The predicted molar refractivity (Wildman–Crippen MR) is 71.7 cm³/mol. The second-order valence-electron chi connectivity index (χ2n) is 4.71. The number of ether oxygens (including phenoxy) is 2. The van der Waals surface area contributed by atoms with Crippen LogP contribution in [0.4, 0.5) is 0 Å². The van der Waals surface area contributed by atoms with Crippen LogP contribution in [0.2, 0.25) is 0 Å². The van der Waals surface area contributed by atoms with Crippen LogP contribution in [-0.2, 0) is 22.4 Å². The molecule has 0 bridgehead atoms. The van der Waals surface area contributed by atoms with Crippen LogP contribution in [-0.4, -0.2) is 25.7 Å². The Morgan fingerprint density at radius 3 is 2.79 bits per heavy atom. The molecular formula is C14H20N2O3. The Kier molecular flexibility index (Phi) is 4.76. The van der Waals surface area contributed by atoms with E-state index >= 15 is 0 Å². The van der Waals surface area contributed by atoms with Gasteiger partial charge in [0.25, 0.3) is 5.91 Å². The lowest BCUT2D eigenvalue weighted by atomic mass is 9.92. The molecule has 0 aromatic heterocycles. The molecule has 0 fully saturated rings. The lowest BCUT2D eigenvalue weighted by molar-refractivity contribution is -0.130. The third-order valence-electron chi connectivity index (χ3n) is 3.35. The first-order valence-corrected chi connectivity index (χ1v) is 6.52. The number of methoxy groups -OCH3 is 1. The van der Waals surface area contributed by atoms with Crippen molar-refractivity contribution in [2.24, 2.45) is 5.84 Å². The first kappa shape index (κ1) is 13.8. The monoisotopic (exact) mass is 264 g/mol. The zero-order chi connectivity index (χ0) is 13.7. The van der Waals surface area contributed by atoms with E-state index < -0.39 is 6.10 Å². The summed E-state index contributed by atoms with van der Waals surface area (Å²) < 4.78 is 10.6. The highest BCUT2D eigenvalue weighted by Crippen LogP contribution is 2.25. The van der Waals surface area contributed by atoms with E-state index in [1.54, 1.807) is 0 Å². The van der Waals surface area contributed by atoms with Gasteiger partial charge in [-0.2, -0.15) is 0 Å². The fraction of sp³-hybridized carbons (Fsp3) is 0.500. The number of amides is 1. The van der Waals surface area contributed by atoms with Crippen molar-refractivity contribution in [3.63, 3.8) is 0 Å². The standard InChI is InChI=1S/C14H20N2O3/c1-18-9-13(14(17)16-15)19-12-7-6-10-4-2-3-5-11(10)8-12/h6-8,13H,2-5,9,15H2,1H3,(H,16,17). The van der Waals surface area contributed by atoms with Crippen LogP contribution in [0.25, 0.3) is 0 Å². The smallest absolute Gasteiger partial charge is 0.277 e. The number of benzene rings is 1. The Morgan fingerprint density at radius 2 is 2.11 bits per heavy atom. The molecule has 1 amide bonds. The van der Waals surface area contributed by atoms with Crippen molar-refractivity contribution >= 4 is 5.91 Å². The van der Waals surface area contributed by atoms with Gasteiger partial charge in [0, 0.05) is 7.11 Å². The molecule has 0 saturated heterocycles. The van der Waals surface area contributed by atoms with Gasteiger partial charge in [0.1, 0.15) is 5.75 Å². The van der Waals surface area contributed by atoms with Crippen LogP contribution in [0.3, 0.4) is 0 Å². The van der Waals surface area contributed by atoms with Crippen LogP contribution in [0, 0.1) is 0 Å². The van der Waals surface area contributed by atoms with E-state index in [1.807, 2.05) is 12.1 Å². The van der Waals surface area contributed by atoms with E-state index in [-0.39, 0.29) is 12.5 Å². The van der Waals surface area contributed by atoms with Crippen molar-refractivity contribution in [1.29, 1.82) is 0 Å². The highest BCUT2D eigenvalue weighted by molar-refractivity contribution is 5.80. The minimum Gasteiger partial charge on any atom is -0.478 e. The first-order chi connectivity index (χ1) is 9.24. The lowest BCUT2D eigenvalue weighted by Crippen LogP contribution is -2.44. The summed E-state index contributed by atoms with van der Waals surface area (Å²) in [6, 6.07) is 5.99. The molecule has 0 spiro atoms. The maximum atomic E-state index is 11.6. The van der Waals surface area contributed by atoms with Crippen molar-refractivity contribution in [1.82, 2.24) is 5.43 Å². The number of nitrogens with two attached hydrogens (primary N) is 1. The summed E-state index contributed by atoms with van der Waals surface area (Å²) in [4.78, 5) is 11.6. The molecule has 5 nitrogen and oxygen atoms in total. The van der Waals surface area contributed by atoms with Crippen LogP contribution in [0.5, 0.6) is 5.75 Å². The van der Waals surface area contributed by atoms with Gasteiger partial charge in [-0.25, -0.2) is 5.84 Å². The molecule has 1 aromatic rings. The van der Waals surface area contributed by atoms with Gasteiger partial charge in [-0.15, -0.1) is 0 Å². The Morgan fingerprint density at radius 1 is 1.37 bits per heavy atom. The summed E-state index contributed by atoms with van der Waals surface area (Å²) in [5.41, 5.74) is 4.78. The molecule has 1 aromatic carbocycles. The number of carbonyl (C=O) groups is 1. The number of fused-ring (bicyclic) bond motifs is 1. The highest BCUT2D eigenvalue weighted by atomic mass is 16.5. The maximum absolute atomic E-state index is 11.6. The van der Waals surface area contributed by atoms with E-state index in [2.05, 4.69) is 11.5 Å². The molecule has 3 N–H and O–H groups in total. The van der Waals surface area contributed by atoms with Gasteiger partial charge < -0.3 is 9.47 Å². The maximum Gasteiger partial charge on any atom is 0.277 e. The summed E-state index contributed by atoms with van der Waals surface area (Å²) in [5, 5.41) is 0. The molecule has 0 saturated carbocycles. The zero-order valence-electron chi connectivity index (χ0n) is 11.1. The third kappa shape index (κ3) is 3.45. The van der Waals surface area contributed by atoms with Crippen molar-refractivity contribution in [2.75, 3.05) is 13.7 Å². The van der Waals surface area contributed by atoms with Gasteiger partial charge in [0.2, 0.25) is 6.10 Å². The topological polar surface area (TPSA) is 73.6 Å². The van der Waals surface area contributed by atoms with Gasteiger partial charge in [0.15, 0.2) is 0 Å². The quantitative estimate of drug-likeness (QED) is 0.472. The number of hydrazine groups is 1. The summed E-state index contributed by atoms with van der Waals surface area (Å²) >= 11 is 0. The molecular weight excluding hydrogens is 244 g/mol. The molecule has 0 radical (unpaired) electrons. The van der Waals surface area contributed by atoms with Gasteiger partial charge >= 0.3 is 0 Å². The number of hydrogen-bond acceptors (Lipinski definition) is 4. The highest BCUT2D eigenvalue weighted by Gasteiger charge is 2.20. The Bertz CT molecular complexity index is 448. The molecule has 0 heterocycles. The van der Waals surface area contributed by atoms with E-state index in [4.69, 9.17) is 15.3 Å². The van der Waals surface area contributed by atoms with Crippen LogP contribution in [0.15, 0.2) is 18.2 Å². The normalized spacial score (nSPS) is 15.5. The van der Waals surface area contributed by atoms with Gasteiger partial charge in [-0.3, -0.25) is 10.2 Å². The van der Waals surface area contributed by atoms with Crippen LogP contribution >= 0.6 is 0 Å². The fourth-order valence-corrected chi connectivity index (χ4v) is 2.35. The molecule has 104 valence electrons. The Hall–Kier alpha value is -1.59. The van der Waals surface area contributed by atoms with E-state index in [0.717, 1.165) is 12.8 Å². The summed E-state index contributed by atoms with van der Waals surface area (Å²) in [6.07, 6.45) is 3.93. The fourth-order valence-electron chi connectivity index (χ4n) is 2.35. The minimum absolute atomic E-state index is 0.167. The van der Waals surface area contributed by atoms with E-state index in [0.29, 0.717) is 5.75 Å². The average Bonchev–Trinajstić information content (AvgIpc) is 2.46. The van der Waals surface area contributed by atoms with Crippen LogP contribution in [0.1, 0.15) is 24.0 Å². The Balaban J connectivity index is 2.10. The second-order valence-corrected chi connectivity index (χ2v) is 4.71. The molecule has 1 aliphatic carbocycles. The average molecular weight is 264 g/mol. The number of hydrogen-bond donors (Lipinski definition) is 2. The van der Waals surface area contributed by atoms with Crippen molar-refractivity contribution in [3.05, 3.63) is 29.3 Å². The Labute approximate surface area is 113 Å². The summed E-state index contributed by atoms with van der Waals surface area (Å²) in [7, 11) is 1.52. The SMILES string of the molecule is COCC(Oc1ccc2c(c1)CCCC2)C(=O)NN. The molecule has 2 rings (SSSR count). The van der Waals surface area contributed by atoms with Gasteiger partial charge in [-0.05, 0) is 48.9 Å². The zero-order valence-corrected chi connectivity index (χ0v) is 11.1. The van der Waals surface area contributed by atoms with Crippen molar-refractivity contribution in [2.45, 2.75) is 31.8 Å². The number of nitrogens with one attached hydrogen (secondary N) is 1. The molecule has 1 unspecified atom stereocenters. The third-order valence-corrected chi connectivity index (χ3v) is 3.35. The van der Waals surface area contributed by atoms with Crippen LogP contribution < -0.4 is 16.0 Å². The molecule has 5 heteroatoms. The first-order valence-electron chi connectivity index (χ1n) is 6.52. The van der Waals surface area contributed by atoms with Crippen molar-refractivity contribution in [3.8, 4) is 5.75 Å². The van der Waals surface area contributed by atoms with Gasteiger partial charge in [-0.1, -0.05) is 6.07 Å². The largest absolute Gasteiger partial charge is 0.478 e. The molecule has 1 atom stereocenters. The summed E-state index contributed by atoms with van der Waals surface area (Å²) in [5.74, 6) is 5.43. The van der Waals surface area contributed by atoms with Gasteiger partial charge in [0.05, 0.1) is 6.61 Å². The number of carbonyl (C=O) groups excluding carboxylic acids is 1. The van der Waals surface area contributed by atoms with Crippen molar-refractivity contribution < 1.29 is 14.3 Å². The van der Waals surface area contributed by atoms with E-state index in [1.165, 1.54) is 31.1 Å². The molecule has 0 aliphatic heterocycles. The van der Waals surface area contributed by atoms with E-state index in [9.17, 15) is 4.79 Å². The lowest BCUT2D eigenvalue weighted by Gasteiger charge is -2.20. The predicted octanol–water partition coefficient (Wildman–Crippen LogP) is 0.949. The molecule has 1 aliphatic rings. The number of rotatable bonds is 5. The number of aryl methyl sites for hydroxylation is 2. The molecule has 19 heavy (non-hydrogen) atoms. The second kappa shape index (κ2) is 6.54. The minimum atomic E-state index is -0.725.